The van der Waals surface area contributed by atoms with Crippen molar-refractivity contribution in [2.75, 3.05) is 0 Å². The zero-order valence-corrected chi connectivity index (χ0v) is 11.8. The Morgan fingerprint density at radius 3 is 2.75 bits per heavy atom. The van der Waals surface area contributed by atoms with E-state index in [2.05, 4.69) is 29.3 Å². The topological polar surface area (TPSA) is 68.0 Å². The van der Waals surface area contributed by atoms with Gasteiger partial charge in [0, 0.05) is 13.0 Å². The number of hydrogen-bond acceptors (Lipinski definition) is 4. The predicted octanol–water partition coefficient (Wildman–Crippen LogP) is 2.13. The van der Waals surface area contributed by atoms with E-state index >= 15 is 0 Å². The number of benzene rings is 1. The van der Waals surface area contributed by atoms with Gasteiger partial charge in [0.2, 0.25) is 11.8 Å². The molecule has 0 aliphatic heterocycles. The molecule has 0 spiro atoms. The molecule has 1 N–H and O–H groups in total. The summed E-state index contributed by atoms with van der Waals surface area (Å²) in [5, 5.41) is 6.65. The van der Waals surface area contributed by atoms with Gasteiger partial charge < -0.3 is 9.84 Å². The standard InChI is InChI=1S/C15H19N3O2/c1-11(2)8-15-17-13(18-20-15)9-14(19)16-10-12-6-4-3-5-7-12/h3-7,11H,8-10H2,1-2H3,(H,16,19). The molecule has 5 nitrogen and oxygen atoms in total. The van der Waals surface area contributed by atoms with Crippen LogP contribution < -0.4 is 5.32 Å². The zero-order valence-electron chi connectivity index (χ0n) is 11.8. The lowest BCUT2D eigenvalue weighted by Crippen LogP contribution is -2.24. The lowest BCUT2D eigenvalue weighted by Gasteiger charge is -2.03. The molecule has 0 radical (unpaired) electrons. The molecule has 1 aromatic carbocycles. The Morgan fingerprint density at radius 2 is 2.05 bits per heavy atom. The fraction of sp³-hybridized carbons (Fsp3) is 0.400. The van der Waals surface area contributed by atoms with Crippen LogP contribution in [0, 0.1) is 5.92 Å². The summed E-state index contributed by atoms with van der Waals surface area (Å²) in [7, 11) is 0. The smallest absolute Gasteiger partial charge is 0.228 e. The van der Waals surface area contributed by atoms with Gasteiger partial charge in [0.1, 0.15) is 0 Å². The molecule has 0 fully saturated rings. The van der Waals surface area contributed by atoms with Gasteiger partial charge in [-0.2, -0.15) is 4.98 Å². The minimum atomic E-state index is -0.106. The van der Waals surface area contributed by atoms with Crippen molar-refractivity contribution >= 4 is 5.91 Å². The molecular formula is C15H19N3O2. The van der Waals surface area contributed by atoms with Crippen LogP contribution >= 0.6 is 0 Å². The van der Waals surface area contributed by atoms with Crippen LogP contribution in [0.3, 0.4) is 0 Å². The molecule has 2 aromatic rings. The number of aromatic nitrogens is 2. The first kappa shape index (κ1) is 14.2. The summed E-state index contributed by atoms with van der Waals surface area (Å²) in [4.78, 5) is 16.0. The molecule has 0 bridgehead atoms. The second-order valence-electron chi connectivity index (χ2n) is 5.14. The Balaban J connectivity index is 1.81. The number of nitrogens with one attached hydrogen (secondary N) is 1. The van der Waals surface area contributed by atoms with Crippen LogP contribution in [-0.4, -0.2) is 16.0 Å². The fourth-order valence-corrected chi connectivity index (χ4v) is 1.80. The van der Waals surface area contributed by atoms with Crippen molar-refractivity contribution in [3.63, 3.8) is 0 Å². The first-order valence-electron chi connectivity index (χ1n) is 6.75. The molecular weight excluding hydrogens is 254 g/mol. The summed E-state index contributed by atoms with van der Waals surface area (Å²) in [5.74, 6) is 1.37. The number of nitrogens with zero attached hydrogens (tertiary/aromatic N) is 2. The summed E-state index contributed by atoms with van der Waals surface area (Å²) in [6.07, 6.45) is 0.882. The maximum Gasteiger partial charge on any atom is 0.228 e. The highest BCUT2D eigenvalue weighted by atomic mass is 16.5. The van der Waals surface area contributed by atoms with Crippen molar-refractivity contribution < 1.29 is 9.32 Å². The van der Waals surface area contributed by atoms with Crippen molar-refractivity contribution in [1.29, 1.82) is 0 Å². The number of hydrogen-bond donors (Lipinski definition) is 1. The van der Waals surface area contributed by atoms with Crippen LogP contribution in [0.25, 0.3) is 0 Å². The van der Waals surface area contributed by atoms with Crippen molar-refractivity contribution in [2.45, 2.75) is 33.2 Å². The van der Waals surface area contributed by atoms with Crippen LogP contribution in [0.1, 0.15) is 31.1 Å². The minimum absolute atomic E-state index is 0.106. The summed E-state index contributed by atoms with van der Waals surface area (Å²) >= 11 is 0. The van der Waals surface area contributed by atoms with E-state index < -0.39 is 0 Å². The van der Waals surface area contributed by atoms with E-state index in [0.29, 0.717) is 24.2 Å². The van der Waals surface area contributed by atoms with Gasteiger partial charge in [0.05, 0.1) is 6.42 Å². The van der Waals surface area contributed by atoms with Crippen molar-refractivity contribution in [2.24, 2.45) is 5.92 Å². The minimum Gasteiger partial charge on any atom is -0.352 e. The average molecular weight is 273 g/mol. The van der Waals surface area contributed by atoms with E-state index in [1.54, 1.807) is 0 Å². The first-order chi connectivity index (χ1) is 9.63. The summed E-state index contributed by atoms with van der Waals surface area (Å²) < 4.78 is 5.10. The Labute approximate surface area is 118 Å². The molecule has 5 heteroatoms. The van der Waals surface area contributed by atoms with E-state index in [1.165, 1.54) is 0 Å². The molecule has 0 saturated heterocycles. The molecule has 0 atom stereocenters. The monoisotopic (exact) mass is 273 g/mol. The van der Waals surface area contributed by atoms with E-state index in [4.69, 9.17) is 4.52 Å². The summed E-state index contributed by atoms with van der Waals surface area (Å²) in [5.41, 5.74) is 1.06. The van der Waals surface area contributed by atoms with Gasteiger partial charge in [-0.05, 0) is 11.5 Å². The molecule has 0 aliphatic carbocycles. The normalized spacial score (nSPS) is 10.8. The Hall–Kier alpha value is -2.17. The van der Waals surface area contributed by atoms with E-state index in [9.17, 15) is 4.79 Å². The molecule has 1 amide bonds. The first-order valence-corrected chi connectivity index (χ1v) is 6.75. The third-order valence-corrected chi connectivity index (χ3v) is 2.74. The van der Waals surface area contributed by atoms with Crippen molar-refractivity contribution in [1.82, 2.24) is 15.5 Å². The number of rotatable bonds is 6. The number of carbonyl (C=O) groups excluding carboxylic acids is 1. The molecule has 0 saturated carbocycles. The van der Waals surface area contributed by atoms with Gasteiger partial charge in [-0.1, -0.05) is 49.3 Å². The highest BCUT2D eigenvalue weighted by molar-refractivity contribution is 5.77. The second kappa shape index (κ2) is 6.84. The third kappa shape index (κ3) is 4.50. The van der Waals surface area contributed by atoms with Gasteiger partial charge in [0.25, 0.3) is 0 Å². The third-order valence-electron chi connectivity index (χ3n) is 2.74. The molecule has 1 heterocycles. The lowest BCUT2D eigenvalue weighted by atomic mass is 10.1. The van der Waals surface area contributed by atoms with E-state index in [1.807, 2.05) is 30.3 Å². The fourth-order valence-electron chi connectivity index (χ4n) is 1.80. The average Bonchev–Trinajstić information content (AvgIpc) is 2.84. The van der Waals surface area contributed by atoms with Crippen LogP contribution in [0.2, 0.25) is 0 Å². The largest absolute Gasteiger partial charge is 0.352 e. The summed E-state index contributed by atoms with van der Waals surface area (Å²) in [6.45, 7) is 4.67. The van der Waals surface area contributed by atoms with Gasteiger partial charge in [0.15, 0.2) is 5.82 Å². The Bertz CT molecular complexity index is 549. The van der Waals surface area contributed by atoms with Gasteiger partial charge in [-0.3, -0.25) is 4.79 Å². The quantitative estimate of drug-likeness (QED) is 0.875. The lowest BCUT2D eigenvalue weighted by molar-refractivity contribution is -0.120. The van der Waals surface area contributed by atoms with Crippen molar-refractivity contribution in [3.05, 3.63) is 47.6 Å². The maximum absolute atomic E-state index is 11.8. The molecule has 20 heavy (non-hydrogen) atoms. The van der Waals surface area contributed by atoms with Crippen molar-refractivity contribution in [3.8, 4) is 0 Å². The maximum atomic E-state index is 11.8. The number of carbonyl (C=O) groups is 1. The van der Waals surface area contributed by atoms with Crippen LogP contribution in [0.15, 0.2) is 34.9 Å². The zero-order chi connectivity index (χ0) is 14.4. The van der Waals surface area contributed by atoms with Gasteiger partial charge >= 0.3 is 0 Å². The molecule has 106 valence electrons. The highest BCUT2D eigenvalue weighted by Gasteiger charge is 2.11. The number of amides is 1. The molecule has 0 aliphatic rings. The van der Waals surface area contributed by atoms with Gasteiger partial charge in [-0.25, -0.2) is 0 Å². The van der Waals surface area contributed by atoms with Crippen LogP contribution in [-0.2, 0) is 24.2 Å². The van der Waals surface area contributed by atoms with Gasteiger partial charge in [-0.15, -0.1) is 0 Å². The van der Waals surface area contributed by atoms with Crippen LogP contribution in [0.4, 0.5) is 0 Å². The Morgan fingerprint density at radius 1 is 1.30 bits per heavy atom. The molecule has 1 aromatic heterocycles. The van der Waals surface area contributed by atoms with E-state index in [-0.39, 0.29) is 12.3 Å². The molecule has 2 rings (SSSR count). The summed E-state index contributed by atoms with van der Waals surface area (Å²) in [6, 6.07) is 9.77. The van der Waals surface area contributed by atoms with E-state index in [0.717, 1.165) is 12.0 Å². The highest BCUT2D eigenvalue weighted by Crippen LogP contribution is 2.06. The SMILES string of the molecule is CC(C)Cc1nc(CC(=O)NCc2ccccc2)no1. The van der Waals surface area contributed by atoms with Crippen LogP contribution in [0.5, 0.6) is 0 Å². The second-order valence-corrected chi connectivity index (χ2v) is 5.14. The Kier molecular flexibility index (Phi) is 4.87. The molecule has 0 unspecified atom stereocenters. The predicted molar refractivity (Wildman–Crippen MR) is 74.8 cm³/mol.